The van der Waals surface area contributed by atoms with E-state index < -0.39 is 11.9 Å². The first-order valence-electron chi connectivity index (χ1n) is 17.6. The summed E-state index contributed by atoms with van der Waals surface area (Å²) in [6, 6.07) is 42.9. The molecule has 8 nitrogen and oxygen atoms in total. The average Bonchev–Trinajstić information content (AvgIpc) is 3.78. The van der Waals surface area contributed by atoms with Crippen LogP contribution in [0.25, 0.3) is 83.1 Å². The van der Waals surface area contributed by atoms with Gasteiger partial charge in [-0.05, 0) is 106 Å². The minimum absolute atomic E-state index is 0.319. The molecule has 2 aromatic heterocycles. The lowest BCUT2D eigenvalue weighted by molar-refractivity contribution is -0.133. The Bertz CT molecular complexity index is 2950. The Hall–Kier alpha value is -7.68. The Labute approximate surface area is 315 Å². The van der Waals surface area contributed by atoms with Gasteiger partial charge in [0.25, 0.3) is 5.70 Å². The van der Waals surface area contributed by atoms with Crippen molar-refractivity contribution in [3.05, 3.63) is 166 Å². The van der Waals surface area contributed by atoms with Crippen LogP contribution in [-0.4, -0.2) is 31.3 Å². The second-order valence-corrected chi connectivity index (χ2v) is 14.3. The van der Waals surface area contributed by atoms with Crippen LogP contribution in [0.1, 0.15) is 36.1 Å². The van der Waals surface area contributed by atoms with Gasteiger partial charge in [-0.3, -0.25) is 4.79 Å². The summed E-state index contributed by atoms with van der Waals surface area (Å²) in [6.07, 6.45) is 2.81. The van der Waals surface area contributed by atoms with E-state index >= 15 is 0 Å². The third-order valence-electron chi connectivity index (χ3n) is 10.9. The van der Waals surface area contributed by atoms with Crippen molar-refractivity contribution in [3.8, 4) is 28.6 Å². The predicted octanol–water partition coefficient (Wildman–Crippen LogP) is 10.5. The Morgan fingerprint density at radius 1 is 0.636 bits per heavy atom. The molecule has 1 aliphatic carbocycles. The molecule has 0 saturated heterocycles. The SMILES string of the molecule is [C-]#[N+]/C(=C\c1ccc2c(c1)c1ccccc1n2-c1ccc2c(c1)C(C)(C)c1cc(-n3c4ccccc4c4cc(/C=C(\C#N)C(=O)O)ccc43)ccc1-2)C(=O)O. The maximum absolute atomic E-state index is 11.6. The van der Waals surface area contributed by atoms with Crippen molar-refractivity contribution >= 4 is 67.7 Å². The van der Waals surface area contributed by atoms with Crippen molar-refractivity contribution in [2.75, 3.05) is 0 Å². The van der Waals surface area contributed by atoms with E-state index in [0.717, 1.165) is 55.0 Å². The molecule has 6 aromatic carbocycles. The number of rotatable bonds is 6. The quantitative estimate of drug-likeness (QED) is 0.101. The topological polar surface area (TPSA) is 113 Å². The fourth-order valence-electron chi connectivity index (χ4n) is 8.32. The maximum atomic E-state index is 11.6. The molecule has 9 rings (SSSR count). The van der Waals surface area contributed by atoms with Crippen molar-refractivity contribution in [3.63, 3.8) is 0 Å². The molecule has 0 fully saturated rings. The molecular weight excluding hydrogens is 685 g/mol. The minimum atomic E-state index is -1.26. The number of fused-ring (bicyclic) bond motifs is 9. The van der Waals surface area contributed by atoms with Gasteiger partial charge in [0.15, 0.2) is 0 Å². The van der Waals surface area contributed by atoms with Crippen molar-refractivity contribution < 1.29 is 19.8 Å². The zero-order valence-corrected chi connectivity index (χ0v) is 29.7. The molecular formula is C47H30N4O4. The summed E-state index contributed by atoms with van der Waals surface area (Å²) in [5, 5.41) is 32.2. The van der Waals surface area contributed by atoms with Gasteiger partial charge in [0, 0.05) is 38.3 Å². The fourth-order valence-corrected chi connectivity index (χ4v) is 8.32. The Morgan fingerprint density at radius 3 is 1.56 bits per heavy atom. The summed E-state index contributed by atoms with van der Waals surface area (Å²) in [5.74, 6) is -2.51. The van der Waals surface area contributed by atoms with Crippen LogP contribution in [-0.2, 0) is 15.0 Å². The zero-order valence-electron chi connectivity index (χ0n) is 29.7. The summed E-state index contributed by atoms with van der Waals surface area (Å²) in [5.41, 5.74) is 11.1. The number of aromatic nitrogens is 2. The number of carboxylic acid groups (broad SMARTS) is 2. The zero-order chi connectivity index (χ0) is 38.2. The number of carboxylic acids is 2. The first-order chi connectivity index (χ1) is 26.6. The van der Waals surface area contributed by atoms with Gasteiger partial charge in [0.2, 0.25) is 0 Å². The fraction of sp³-hybridized carbons (Fsp3) is 0.0638. The van der Waals surface area contributed by atoms with Gasteiger partial charge in [-0.25, -0.2) is 9.64 Å². The highest BCUT2D eigenvalue weighted by atomic mass is 16.4. The Kier molecular flexibility index (Phi) is 7.36. The first-order valence-corrected chi connectivity index (χ1v) is 17.6. The van der Waals surface area contributed by atoms with Gasteiger partial charge in [0.05, 0.1) is 28.6 Å². The Morgan fingerprint density at radius 2 is 1.11 bits per heavy atom. The molecule has 2 heterocycles. The van der Waals surface area contributed by atoms with Crippen LogP contribution in [0.3, 0.4) is 0 Å². The van der Waals surface area contributed by atoms with Gasteiger partial charge >= 0.3 is 11.9 Å². The number of aliphatic carboxylic acids is 2. The lowest BCUT2D eigenvalue weighted by atomic mass is 9.82. The van der Waals surface area contributed by atoms with E-state index in [1.54, 1.807) is 6.07 Å². The molecule has 0 amide bonds. The number of nitrogens with zero attached hydrogens (tertiary/aromatic N) is 4. The van der Waals surface area contributed by atoms with Crippen molar-refractivity contribution in [2.45, 2.75) is 19.3 Å². The number of carbonyl (C=O) groups is 2. The Balaban J connectivity index is 1.17. The van der Waals surface area contributed by atoms with Gasteiger partial charge in [-0.2, -0.15) is 5.26 Å². The second kappa shape index (κ2) is 12.2. The number of hydrogen-bond acceptors (Lipinski definition) is 3. The van der Waals surface area contributed by atoms with E-state index in [4.69, 9.17) is 6.57 Å². The predicted molar refractivity (Wildman–Crippen MR) is 216 cm³/mol. The molecule has 0 spiro atoms. The molecule has 55 heavy (non-hydrogen) atoms. The molecule has 8 aromatic rings. The highest BCUT2D eigenvalue weighted by Gasteiger charge is 2.36. The van der Waals surface area contributed by atoms with Gasteiger partial charge in [-0.1, -0.05) is 74.5 Å². The van der Waals surface area contributed by atoms with Gasteiger partial charge < -0.3 is 19.3 Å². The van der Waals surface area contributed by atoms with Crippen LogP contribution >= 0.6 is 0 Å². The number of benzene rings is 6. The van der Waals surface area contributed by atoms with Crippen LogP contribution in [0.5, 0.6) is 0 Å². The molecule has 0 saturated carbocycles. The van der Waals surface area contributed by atoms with Crippen LogP contribution in [0, 0.1) is 17.9 Å². The number of hydrogen-bond donors (Lipinski definition) is 2. The number of nitriles is 1. The van der Waals surface area contributed by atoms with E-state index in [9.17, 15) is 25.1 Å². The normalized spacial score (nSPS) is 13.5. The second-order valence-electron chi connectivity index (χ2n) is 14.3. The average molecular weight is 715 g/mol. The summed E-state index contributed by atoms with van der Waals surface area (Å²) < 4.78 is 4.48. The molecule has 0 unspecified atom stereocenters. The monoisotopic (exact) mass is 714 g/mol. The maximum Gasteiger partial charge on any atom is 0.346 e. The minimum Gasteiger partial charge on any atom is -0.486 e. The van der Waals surface area contributed by atoms with Crippen molar-refractivity contribution in [1.29, 1.82) is 5.26 Å². The molecule has 0 radical (unpaired) electrons. The smallest absolute Gasteiger partial charge is 0.346 e. The highest BCUT2D eigenvalue weighted by molar-refractivity contribution is 6.11. The third-order valence-corrected chi connectivity index (χ3v) is 10.9. The van der Waals surface area contributed by atoms with E-state index in [0.29, 0.717) is 11.1 Å². The van der Waals surface area contributed by atoms with Crippen LogP contribution in [0.4, 0.5) is 0 Å². The van der Waals surface area contributed by atoms with Crippen LogP contribution < -0.4 is 0 Å². The summed E-state index contributed by atoms with van der Waals surface area (Å²) in [4.78, 5) is 26.3. The number of para-hydroxylation sites is 2. The molecule has 2 N–H and O–H groups in total. The summed E-state index contributed by atoms with van der Waals surface area (Å²) in [6.45, 7) is 11.8. The highest BCUT2D eigenvalue weighted by Crippen LogP contribution is 2.50. The molecule has 8 heteroatoms. The van der Waals surface area contributed by atoms with Crippen LogP contribution in [0.2, 0.25) is 0 Å². The largest absolute Gasteiger partial charge is 0.486 e. The van der Waals surface area contributed by atoms with E-state index in [1.807, 2.05) is 60.7 Å². The lowest BCUT2D eigenvalue weighted by Crippen LogP contribution is -2.16. The molecule has 0 aliphatic heterocycles. The van der Waals surface area contributed by atoms with Crippen molar-refractivity contribution in [1.82, 2.24) is 9.13 Å². The summed E-state index contributed by atoms with van der Waals surface area (Å²) in [7, 11) is 0. The molecule has 1 aliphatic rings. The van der Waals surface area contributed by atoms with Crippen molar-refractivity contribution in [2.24, 2.45) is 0 Å². The van der Waals surface area contributed by atoms with E-state index in [1.165, 1.54) is 34.4 Å². The van der Waals surface area contributed by atoms with E-state index in [-0.39, 0.29) is 16.7 Å². The van der Waals surface area contributed by atoms with Gasteiger partial charge in [0.1, 0.15) is 11.6 Å². The van der Waals surface area contributed by atoms with Gasteiger partial charge in [-0.15, -0.1) is 0 Å². The standard InChI is InChI=1S/C47H30N4O4/c1-47(2)38-24-30(50-41-10-6-4-8-34(41)36-21-27(12-18-43(36)50)20-29(26-48)45(52)53)14-16-32(38)33-17-15-31(25-39(33)47)51-42-11-7-5-9-35(42)37-22-28(13-19-44(37)51)23-40(49-3)46(54)55/h4-25H,1-2H3,(H,52,53)(H,54,55)/b29-20+,40-23-. The molecule has 0 bridgehead atoms. The molecule has 0 atom stereocenters. The first kappa shape index (κ1) is 33.2. The lowest BCUT2D eigenvalue weighted by Gasteiger charge is -2.23. The van der Waals surface area contributed by atoms with Crippen LogP contribution in [0.15, 0.2) is 133 Å². The summed E-state index contributed by atoms with van der Waals surface area (Å²) >= 11 is 0. The van der Waals surface area contributed by atoms with E-state index in [2.05, 4.69) is 88.5 Å². The third kappa shape index (κ3) is 5.04. The molecule has 262 valence electrons.